The van der Waals surface area contributed by atoms with Crippen molar-refractivity contribution in [3.63, 3.8) is 0 Å². The van der Waals surface area contributed by atoms with Crippen LogP contribution in [0.1, 0.15) is 11.5 Å². The van der Waals surface area contributed by atoms with Gasteiger partial charge in [-0.1, -0.05) is 30.3 Å². The summed E-state index contributed by atoms with van der Waals surface area (Å²) in [5.74, 6) is 0.0541. The minimum atomic E-state index is -0.190. The van der Waals surface area contributed by atoms with Crippen molar-refractivity contribution in [1.29, 1.82) is 0 Å². The number of pyridine rings is 1. The molecule has 3 rings (SSSR count). The topological polar surface area (TPSA) is 68.3 Å². The Labute approximate surface area is 155 Å². The third-order valence-electron chi connectivity index (χ3n) is 4.20. The maximum atomic E-state index is 12.5. The molecule has 7 heteroatoms. The van der Waals surface area contributed by atoms with Crippen LogP contribution in [-0.2, 0) is 11.3 Å². The van der Waals surface area contributed by atoms with Crippen molar-refractivity contribution in [3.8, 4) is 0 Å². The number of benzene rings is 1. The molecule has 128 valence electrons. The normalized spacial score (nSPS) is 19.8. The summed E-state index contributed by atoms with van der Waals surface area (Å²) >= 11 is 3.31. The lowest BCUT2D eigenvalue weighted by molar-refractivity contribution is -0.130. The van der Waals surface area contributed by atoms with Crippen LogP contribution in [0, 0.1) is 0 Å². The number of likely N-dealkylation sites (tertiary alicyclic amines) is 1. The van der Waals surface area contributed by atoms with E-state index in [9.17, 15) is 9.59 Å². The predicted molar refractivity (Wildman–Crippen MR) is 99.4 cm³/mol. The summed E-state index contributed by atoms with van der Waals surface area (Å²) in [6.45, 7) is 1.14. The van der Waals surface area contributed by atoms with E-state index >= 15 is 0 Å². The molecule has 2 N–H and O–H groups in total. The maximum absolute atomic E-state index is 12.5. The molecule has 2 aromatic rings. The Balaban J connectivity index is 0.00000208. The molecular weight excluding hydrogens is 394 g/mol. The maximum Gasteiger partial charge on any atom is 0.251 e. The molecule has 0 aliphatic carbocycles. The quantitative estimate of drug-likeness (QED) is 0.838. The van der Waals surface area contributed by atoms with Gasteiger partial charge in [-0.25, -0.2) is 0 Å². The van der Waals surface area contributed by atoms with Gasteiger partial charge in [-0.2, -0.15) is 0 Å². The molecule has 1 fully saturated rings. The highest BCUT2D eigenvalue weighted by atomic mass is 79.9. The van der Waals surface area contributed by atoms with E-state index < -0.39 is 0 Å². The van der Waals surface area contributed by atoms with E-state index in [0.29, 0.717) is 13.1 Å². The third-order valence-corrected chi connectivity index (χ3v) is 4.67. The molecular formula is C17H19BrClN3O2. The Bertz CT molecular complexity index is 766. The number of halogens is 2. The lowest BCUT2D eigenvalue weighted by Crippen LogP contribution is -2.36. The average Bonchev–Trinajstić information content (AvgIpc) is 2.94. The molecule has 0 radical (unpaired) electrons. The van der Waals surface area contributed by atoms with Crippen molar-refractivity contribution >= 4 is 34.2 Å². The Morgan fingerprint density at radius 2 is 1.88 bits per heavy atom. The number of hydrogen-bond donors (Lipinski definition) is 1. The zero-order chi connectivity index (χ0) is 16.4. The Morgan fingerprint density at radius 3 is 2.58 bits per heavy atom. The third kappa shape index (κ3) is 4.06. The highest BCUT2D eigenvalue weighted by Crippen LogP contribution is 2.26. The largest absolute Gasteiger partial charge is 0.339 e. The number of nitrogens with zero attached hydrogens (tertiary/aromatic N) is 2. The lowest BCUT2D eigenvalue weighted by Gasteiger charge is -2.17. The van der Waals surface area contributed by atoms with Gasteiger partial charge in [0.25, 0.3) is 5.56 Å². The molecule has 24 heavy (non-hydrogen) atoms. The first-order valence-corrected chi connectivity index (χ1v) is 8.28. The lowest BCUT2D eigenvalue weighted by atomic mass is 9.95. The number of rotatable bonds is 3. The first-order valence-electron chi connectivity index (χ1n) is 7.49. The zero-order valence-corrected chi connectivity index (χ0v) is 15.4. The van der Waals surface area contributed by atoms with Gasteiger partial charge in [-0.3, -0.25) is 9.59 Å². The van der Waals surface area contributed by atoms with Gasteiger partial charge in [0, 0.05) is 41.8 Å². The van der Waals surface area contributed by atoms with Crippen LogP contribution in [0.3, 0.4) is 0 Å². The van der Waals surface area contributed by atoms with Crippen molar-refractivity contribution in [2.75, 3.05) is 13.1 Å². The molecule has 0 bridgehead atoms. The van der Waals surface area contributed by atoms with Crippen LogP contribution in [-0.4, -0.2) is 34.5 Å². The molecule has 0 spiro atoms. The van der Waals surface area contributed by atoms with Gasteiger partial charge in [0.05, 0.1) is 0 Å². The fraction of sp³-hybridized carbons (Fsp3) is 0.294. The molecule has 5 nitrogen and oxygen atoms in total. The Morgan fingerprint density at radius 1 is 1.17 bits per heavy atom. The summed E-state index contributed by atoms with van der Waals surface area (Å²) in [6, 6.07) is 13.0. The molecule has 1 amide bonds. The van der Waals surface area contributed by atoms with E-state index in [1.54, 1.807) is 17.2 Å². The Kier molecular flexibility index (Phi) is 6.21. The van der Waals surface area contributed by atoms with Gasteiger partial charge in [-0.15, -0.1) is 12.4 Å². The first kappa shape index (κ1) is 18.7. The van der Waals surface area contributed by atoms with Gasteiger partial charge >= 0.3 is 0 Å². The second kappa shape index (κ2) is 7.96. The summed E-state index contributed by atoms with van der Waals surface area (Å²) in [5, 5.41) is 0. The summed E-state index contributed by atoms with van der Waals surface area (Å²) in [5.41, 5.74) is 7.17. The van der Waals surface area contributed by atoms with Gasteiger partial charge in [0.1, 0.15) is 6.54 Å². The zero-order valence-electron chi connectivity index (χ0n) is 13.0. The summed E-state index contributed by atoms with van der Waals surface area (Å²) in [6.07, 6.45) is 1.63. The van der Waals surface area contributed by atoms with Crippen molar-refractivity contribution < 1.29 is 4.79 Å². The van der Waals surface area contributed by atoms with Crippen LogP contribution in [0.2, 0.25) is 0 Å². The smallest absolute Gasteiger partial charge is 0.251 e. The fourth-order valence-corrected chi connectivity index (χ4v) is 3.34. The van der Waals surface area contributed by atoms with Gasteiger partial charge < -0.3 is 15.2 Å². The average molecular weight is 413 g/mol. The summed E-state index contributed by atoms with van der Waals surface area (Å²) < 4.78 is 2.18. The number of carbonyl (C=O) groups excluding carboxylic acids is 1. The van der Waals surface area contributed by atoms with Crippen LogP contribution in [0.25, 0.3) is 0 Å². The van der Waals surface area contributed by atoms with E-state index in [2.05, 4.69) is 15.9 Å². The van der Waals surface area contributed by atoms with Gasteiger partial charge in [0.15, 0.2) is 0 Å². The standard InChI is InChI=1S/C17H18BrN3O2.ClH/c18-13-6-7-16(22)20(8-13)11-17(23)21-9-14(15(19)10-21)12-4-2-1-3-5-12;/h1-8,14-15H,9-11,19H2;1H/t14-,15+;/m0./s1. The molecule has 1 aliphatic rings. The van der Waals surface area contributed by atoms with Crippen LogP contribution in [0.4, 0.5) is 0 Å². The van der Waals surface area contributed by atoms with E-state index in [4.69, 9.17) is 5.73 Å². The van der Waals surface area contributed by atoms with Crippen molar-refractivity contribution in [3.05, 3.63) is 69.1 Å². The molecule has 1 saturated heterocycles. The van der Waals surface area contributed by atoms with Crippen LogP contribution < -0.4 is 11.3 Å². The number of hydrogen-bond acceptors (Lipinski definition) is 3. The molecule has 1 aromatic heterocycles. The Hall–Kier alpha value is -1.63. The number of aromatic nitrogens is 1. The molecule has 2 heterocycles. The second-order valence-electron chi connectivity index (χ2n) is 5.79. The number of carbonyl (C=O) groups is 1. The number of amides is 1. The highest BCUT2D eigenvalue weighted by Gasteiger charge is 2.33. The number of nitrogens with two attached hydrogens (primary N) is 1. The van der Waals surface area contributed by atoms with E-state index in [-0.39, 0.29) is 42.4 Å². The van der Waals surface area contributed by atoms with Crippen LogP contribution >= 0.6 is 28.3 Å². The van der Waals surface area contributed by atoms with Gasteiger partial charge in [0.2, 0.25) is 5.91 Å². The van der Waals surface area contributed by atoms with Crippen molar-refractivity contribution in [1.82, 2.24) is 9.47 Å². The van der Waals surface area contributed by atoms with Crippen LogP contribution in [0.5, 0.6) is 0 Å². The van der Waals surface area contributed by atoms with E-state index in [1.165, 1.54) is 10.6 Å². The summed E-state index contributed by atoms with van der Waals surface area (Å²) in [4.78, 5) is 26.1. The molecule has 1 aliphatic heterocycles. The minimum absolute atomic E-state index is 0. The molecule has 2 atom stereocenters. The molecule has 0 saturated carbocycles. The van der Waals surface area contributed by atoms with Crippen molar-refractivity contribution in [2.45, 2.75) is 18.5 Å². The van der Waals surface area contributed by atoms with E-state index in [1.807, 2.05) is 30.3 Å². The fourth-order valence-electron chi connectivity index (χ4n) is 2.96. The second-order valence-corrected chi connectivity index (χ2v) is 6.71. The van der Waals surface area contributed by atoms with Gasteiger partial charge in [-0.05, 0) is 27.6 Å². The molecule has 1 aromatic carbocycles. The highest BCUT2D eigenvalue weighted by molar-refractivity contribution is 9.10. The SMILES string of the molecule is Cl.N[C@@H]1CN(C(=O)Cn2cc(Br)ccc2=O)C[C@H]1c1ccccc1. The monoisotopic (exact) mass is 411 g/mol. The predicted octanol–water partition coefficient (Wildman–Crippen LogP) is 1.99. The minimum Gasteiger partial charge on any atom is -0.339 e. The van der Waals surface area contributed by atoms with Crippen molar-refractivity contribution in [2.24, 2.45) is 5.73 Å². The molecule has 0 unspecified atom stereocenters. The summed E-state index contributed by atoms with van der Waals surface area (Å²) in [7, 11) is 0. The van der Waals surface area contributed by atoms with Crippen LogP contribution in [0.15, 0.2) is 57.9 Å². The van der Waals surface area contributed by atoms with E-state index in [0.717, 1.165) is 10.0 Å². The first-order chi connectivity index (χ1) is 11.0.